The van der Waals surface area contributed by atoms with Crippen LogP contribution in [0.5, 0.6) is 0 Å². The predicted octanol–water partition coefficient (Wildman–Crippen LogP) is 7.02. The van der Waals surface area contributed by atoms with E-state index < -0.39 is 0 Å². The maximum atomic E-state index is 7.87. The molecule has 1 aliphatic carbocycles. The molecular weight excluding hydrogens is 314 g/mol. The van der Waals surface area contributed by atoms with E-state index in [1.54, 1.807) is 0 Å². The Morgan fingerprint density at radius 2 is 1.58 bits per heavy atom. The lowest BCUT2D eigenvalue weighted by Crippen LogP contribution is -1.92. The lowest BCUT2D eigenvalue weighted by molar-refractivity contribution is 1.22. The molecule has 1 aliphatic rings. The maximum absolute atomic E-state index is 7.87. The minimum absolute atomic E-state index is 0.962. The molecule has 0 bridgehead atoms. The van der Waals surface area contributed by atoms with E-state index in [2.05, 4.69) is 75.4 Å². The van der Waals surface area contributed by atoms with E-state index in [0.29, 0.717) is 0 Å². The summed E-state index contributed by atoms with van der Waals surface area (Å²) in [6.45, 7) is 6.68. The zero-order valence-corrected chi connectivity index (χ0v) is 15.6. The number of allylic oxidation sites excluding steroid dienone is 4. The molecule has 0 spiro atoms. The molecule has 0 radical (unpaired) electrons. The highest BCUT2D eigenvalue weighted by Crippen LogP contribution is 2.39. The van der Waals surface area contributed by atoms with Crippen molar-refractivity contribution in [2.75, 3.05) is 0 Å². The van der Waals surface area contributed by atoms with Crippen LogP contribution in [-0.2, 0) is 0 Å². The average Bonchev–Trinajstić information content (AvgIpc) is 2.94. The van der Waals surface area contributed by atoms with Crippen molar-refractivity contribution in [3.63, 3.8) is 0 Å². The molecule has 4 rings (SSSR count). The number of fused-ring (bicyclic) bond motifs is 1. The quantitative estimate of drug-likeness (QED) is 0.497. The molecule has 1 nitrogen and oxygen atoms in total. The van der Waals surface area contributed by atoms with E-state index in [0.717, 1.165) is 17.5 Å². The Labute approximate surface area is 155 Å². The molecule has 0 heterocycles. The molecule has 0 unspecified atom stereocenters. The SMILES string of the molecule is CC1=C(C)C(C)=C(c2cccc(-c3c(C=N)ccc4ccccc34)c2)C1. The number of rotatable bonds is 3. The maximum Gasteiger partial charge on any atom is 0.0256 e. The van der Waals surface area contributed by atoms with Crippen LogP contribution in [0.3, 0.4) is 0 Å². The molecule has 0 saturated carbocycles. The summed E-state index contributed by atoms with van der Waals surface area (Å²) in [5.41, 5.74) is 10.3. The Hall–Kier alpha value is -2.93. The lowest BCUT2D eigenvalue weighted by Gasteiger charge is -2.13. The summed E-state index contributed by atoms with van der Waals surface area (Å²) in [5.74, 6) is 0. The monoisotopic (exact) mass is 337 g/mol. The number of hydrogen-bond donors (Lipinski definition) is 1. The molecule has 0 amide bonds. The van der Waals surface area contributed by atoms with Crippen molar-refractivity contribution >= 4 is 22.6 Å². The second-order valence-corrected chi connectivity index (χ2v) is 7.16. The smallest absolute Gasteiger partial charge is 0.0256 e. The molecule has 128 valence electrons. The molecule has 0 aliphatic heterocycles. The second-order valence-electron chi connectivity index (χ2n) is 7.16. The Kier molecular flexibility index (Phi) is 4.08. The first-order valence-corrected chi connectivity index (χ1v) is 9.09. The Balaban J connectivity index is 1.92. The summed E-state index contributed by atoms with van der Waals surface area (Å²) >= 11 is 0. The minimum Gasteiger partial charge on any atom is -0.308 e. The molecule has 1 N–H and O–H groups in total. The van der Waals surface area contributed by atoms with Crippen LogP contribution in [0.4, 0.5) is 0 Å². The van der Waals surface area contributed by atoms with Gasteiger partial charge in [-0.2, -0.15) is 0 Å². The Bertz CT molecular complexity index is 1100. The van der Waals surface area contributed by atoms with E-state index >= 15 is 0 Å². The summed E-state index contributed by atoms with van der Waals surface area (Å²) in [7, 11) is 0. The van der Waals surface area contributed by atoms with Gasteiger partial charge < -0.3 is 5.41 Å². The van der Waals surface area contributed by atoms with Crippen molar-refractivity contribution in [3.8, 4) is 11.1 Å². The van der Waals surface area contributed by atoms with Crippen LogP contribution < -0.4 is 0 Å². The largest absolute Gasteiger partial charge is 0.308 e. The van der Waals surface area contributed by atoms with Crippen LogP contribution in [0, 0.1) is 5.41 Å². The van der Waals surface area contributed by atoms with Crippen LogP contribution in [0.1, 0.15) is 38.3 Å². The van der Waals surface area contributed by atoms with Crippen molar-refractivity contribution in [2.24, 2.45) is 0 Å². The van der Waals surface area contributed by atoms with E-state index in [9.17, 15) is 0 Å². The molecule has 0 atom stereocenters. The Morgan fingerprint density at radius 3 is 2.31 bits per heavy atom. The highest BCUT2D eigenvalue weighted by molar-refractivity contribution is 6.05. The van der Waals surface area contributed by atoms with Crippen LogP contribution in [0.2, 0.25) is 0 Å². The van der Waals surface area contributed by atoms with Gasteiger partial charge in [0.2, 0.25) is 0 Å². The molecule has 3 aromatic rings. The molecule has 0 saturated heterocycles. The molecule has 26 heavy (non-hydrogen) atoms. The fourth-order valence-corrected chi connectivity index (χ4v) is 3.99. The highest BCUT2D eigenvalue weighted by Gasteiger charge is 2.18. The number of benzene rings is 3. The van der Waals surface area contributed by atoms with Crippen LogP contribution in [-0.4, -0.2) is 6.21 Å². The highest BCUT2D eigenvalue weighted by atomic mass is 14.3. The second kappa shape index (κ2) is 6.42. The van der Waals surface area contributed by atoms with Crippen LogP contribution in [0.25, 0.3) is 27.5 Å². The standard InChI is InChI=1S/C25H23N/c1-16-13-24(18(3)17(16)2)20-8-6-9-21(14-20)25-22(15-26)12-11-19-7-4-5-10-23(19)25/h4-12,14-15,26H,13H2,1-3H3. The van der Waals surface area contributed by atoms with E-state index in [-0.39, 0.29) is 0 Å². The van der Waals surface area contributed by atoms with Gasteiger partial charge in [-0.05, 0) is 77.4 Å². The fourth-order valence-electron chi connectivity index (χ4n) is 3.99. The van der Waals surface area contributed by atoms with Crippen molar-refractivity contribution in [3.05, 3.63) is 88.5 Å². The van der Waals surface area contributed by atoms with Gasteiger partial charge in [-0.3, -0.25) is 0 Å². The summed E-state index contributed by atoms with van der Waals surface area (Å²) in [4.78, 5) is 0. The van der Waals surface area contributed by atoms with Crippen molar-refractivity contribution in [2.45, 2.75) is 27.2 Å². The normalized spacial score (nSPS) is 14.4. The van der Waals surface area contributed by atoms with Gasteiger partial charge in [-0.25, -0.2) is 0 Å². The van der Waals surface area contributed by atoms with Crippen LogP contribution >= 0.6 is 0 Å². The van der Waals surface area contributed by atoms with E-state index in [1.165, 1.54) is 50.4 Å². The number of hydrogen-bond acceptors (Lipinski definition) is 1. The van der Waals surface area contributed by atoms with Gasteiger partial charge in [0.05, 0.1) is 0 Å². The minimum atomic E-state index is 0.962. The molecular formula is C25H23N. The van der Waals surface area contributed by atoms with Gasteiger partial charge in [0.15, 0.2) is 0 Å². The molecule has 0 aromatic heterocycles. The van der Waals surface area contributed by atoms with Gasteiger partial charge in [0.25, 0.3) is 0 Å². The zero-order valence-electron chi connectivity index (χ0n) is 15.6. The third kappa shape index (κ3) is 2.61. The lowest BCUT2D eigenvalue weighted by atomic mass is 9.91. The summed E-state index contributed by atoms with van der Waals surface area (Å²) < 4.78 is 0. The summed E-state index contributed by atoms with van der Waals surface area (Å²) in [6.07, 6.45) is 2.50. The first-order valence-electron chi connectivity index (χ1n) is 9.09. The topological polar surface area (TPSA) is 23.9 Å². The molecule has 0 fully saturated rings. The van der Waals surface area contributed by atoms with Crippen LogP contribution in [0.15, 0.2) is 77.4 Å². The van der Waals surface area contributed by atoms with Crippen molar-refractivity contribution in [1.29, 1.82) is 5.41 Å². The van der Waals surface area contributed by atoms with Gasteiger partial charge >= 0.3 is 0 Å². The van der Waals surface area contributed by atoms with Gasteiger partial charge in [-0.15, -0.1) is 0 Å². The zero-order chi connectivity index (χ0) is 18.3. The van der Waals surface area contributed by atoms with E-state index in [4.69, 9.17) is 5.41 Å². The third-order valence-electron chi connectivity index (χ3n) is 5.71. The Morgan fingerprint density at radius 1 is 0.808 bits per heavy atom. The van der Waals surface area contributed by atoms with Crippen molar-refractivity contribution < 1.29 is 0 Å². The predicted molar refractivity (Wildman–Crippen MR) is 113 cm³/mol. The molecule has 3 aromatic carbocycles. The first-order chi connectivity index (χ1) is 12.6. The first kappa shape index (κ1) is 16.5. The number of nitrogens with one attached hydrogen (secondary N) is 1. The van der Waals surface area contributed by atoms with Gasteiger partial charge in [0, 0.05) is 11.8 Å². The average molecular weight is 337 g/mol. The third-order valence-corrected chi connectivity index (χ3v) is 5.71. The summed E-state index contributed by atoms with van der Waals surface area (Å²) in [6, 6.07) is 21.4. The van der Waals surface area contributed by atoms with Crippen molar-refractivity contribution in [1.82, 2.24) is 0 Å². The summed E-state index contributed by atoms with van der Waals surface area (Å²) in [5, 5.41) is 10.3. The van der Waals surface area contributed by atoms with Gasteiger partial charge in [-0.1, -0.05) is 60.2 Å². The fraction of sp³-hybridized carbons (Fsp3) is 0.160. The van der Waals surface area contributed by atoms with E-state index in [1.807, 2.05) is 6.07 Å². The van der Waals surface area contributed by atoms with Gasteiger partial charge in [0.1, 0.15) is 0 Å². The molecule has 1 heteroatoms.